The minimum absolute atomic E-state index is 0.0597. The van der Waals surface area contributed by atoms with Crippen molar-refractivity contribution in [1.29, 1.82) is 0 Å². The maximum atomic E-state index is 13.9. The molecule has 0 aliphatic carbocycles. The predicted molar refractivity (Wildman–Crippen MR) is 82.2 cm³/mol. The summed E-state index contributed by atoms with van der Waals surface area (Å²) in [6, 6.07) is 2.66. The zero-order valence-corrected chi connectivity index (χ0v) is 14.6. The second-order valence-electron chi connectivity index (χ2n) is 6.10. The molecule has 2 aromatic rings. The van der Waals surface area contributed by atoms with Crippen LogP contribution < -0.4 is 10.5 Å². The largest absolute Gasteiger partial charge is 0.456 e. The molecule has 0 aliphatic heterocycles. The summed E-state index contributed by atoms with van der Waals surface area (Å²) in [5, 5.41) is 0. The van der Waals surface area contributed by atoms with Gasteiger partial charge in [-0.25, -0.2) is 4.39 Å². The fourth-order valence-electron chi connectivity index (χ4n) is 2.34. The average Bonchev–Trinajstić information content (AvgIpc) is 2.60. The summed E-state index contributed by atoms with van der Waals surface area (Å²) in [6.07, 6.45) is -22.6. The molecule has 0 aliphatic rings. The molecular formula is C17H9F12NO. The standard InChI is InChI=1S/C17H9F12NO/c18-13(14(19,20)17(27,28)29)7-5-10(15(21,22)23)12(11(6-7)16(24,25)26)31-9-3-1-8(30)2-4-9/h1-6,13H,30H2. The van der Waals surface area contributed by atoms with Gasteiger partial charge < -0.3 is 10.5 Å². The maximum absolute atomic E-state index is 13.9. The Kier molecular flexibility index (Phi) is 6.09. The fourth-order valence-corrected chi connectivity index (χ4v) is 2.34. The maximum Gasteiger partial charge on any atom is 0.456 e. The highest BCUT2D eigenvalue weighted by Crippen LogP contribution is 2.51. The Morgan fingerprint density at radius 3 is 1.48 bits per heavy atom. The van der Waals surface area contributed by atoms with Gasteiger partial charge in [0.05, 0.1) is 11.1 Å². The number of nitrogen functional groups attached to an aromatic ring is 1. The number of alkyl halides is 12. The number of rotatable bonds is 4. The van der Waals surface area contributed by atoms with E-state index < -0.39 is 70.9 Å². The third-order valence-corrected chi connectivity index (χ3v) is 3.81. The average molecular weight is 471 g/mol. The van der Waals surface area contributed by atoms with Crippen molar-refractivity contribution < 1.29 is 57.4 Å². The van der Waals surface area contributed by atoms with Gasteiger partial charge in [0, 0.05) is 5.69 Å². The van der Waals surface area contributed by atoms with E-state index in [1.807, 2.05) is 0 Å². The van der Waals surface area contributed by atoms with Gasteiger partial charge in [-0.1, -0.05) is 0 Å². The fraction of sp³-hybridized carbons (Fsp3) is 0.294. The van der Waals surface area contributed by atoms with Gasteiger partial charge in [0.2, 0.25) is 0 Å². The first-order valence-corrected chi connectivity index (χ1v) is 7.80. The molecule has 0 radical (unpaired) electrons. The van der Waals surface area contributed by atoms with Gasteiger partial charge in [-0.05, 0) is 42.0 Å². The Morgan fingerprint density at radius 1 is 0.710 bits per heavy atom. The lowest BCUT2D eigenvalue weighted by molar-refractivity contribution is -0.305. The van der Waals surface area contributed by atoms with Crippen molar-refractivity contribution in [1.82, 2.24) is 0 Å². The summed E-state index contributed by atoms with van der Waals surface area (Å²) in [4.78, 5) is 0. The number of halogens is 12. The molecule has 0 aromatic heterocycles. The molecule has 0 heterocycles. The lowest BCUT2D eigenvalue weighted by atomic mass is 9.97. The lowest BCUT2D eigenvalue weighted by Crippen LogP contribution is -2.40. The smallest absolute Gasteiger partial charge is 0.456 e. The van der Waals surface area contributed by atoms with Gasteiger partial charge in [-0.3, -0.25) is 0 Å². The zero-order valence-electron chi connectivity index (χ0n) is 14.6. The monoisotopic (exact) mass is 471 g/mol. The SMILES string of the molecule is Nc1ccc(Oc2c(C(F)(F)F)cc(C(F)C(F)(F)C(F)(F)F)cc2C(F)(F)F)cc1. The van der Waals surface area contributed by atoms with E-state index in [2.05, 4.69) is 4.74 Å². The second kappa shape index (κ2) is 7.71. The van der Waals surface area contributed by atoms with Crippen molar-refractivity contribution in [3.8, 4) is 11.5 Å². The molecule has 2 N–H and O–H groups in total. The van der Waals surface area contributed by atoms with Crippen LogP contribution in [0.4, 0.5) is 58.4 Å². The number of benzene rings is 2. The van der Waals surface area contributed by atoms with Crippen LogP contribution in [0.25, 0.3) is 0 Å². The van der Waals surface area contributed by atoms with Crippen molar-refractivity contribution in [2.24, 2.45) is 0 Å². The molecule has 0 amide bonds. The molecule has 0 fully saturated rings. The minimum atomic E-state index is -6.58. The van der Waals surface area contributed by atoms with Crippen LogP contribution in [0.2, 0.25) is 0 Å². The Labute approximate surface area is 165 Å². The van der Waals surface area contributed by atoms with Crippen LogP contribution >= 0.6 is 0 Å². The number of hydrogen-bond donors (Lipinski definition) is 1. The molecule has 0 saturated heterocycles. The summed E-state index contributed by atoms with van der Waals surface area (Å²) in [5.74, 6) is -8.83. The van der Waals surface area contributed by atoms with Gasteiger partial charge in [-0.15, -0.1) is 0 Å². The topological polar surface area (TPSA) is 35.2 Å². The number of hydrogen-bond acceptors (Lipinski definition) is 2. The van der Waals surface area contributed by atoms with Crippen molar-refractivity contribution in [3.05, 3.63) is 53.1 Å². The third kappa shape index (κ3) is 5.10. The van der Waals surface area contributed by atoms with E-state index in [1.54, 1.807) is 0 Å². The second-order valence-corrected chi connectivity index (χ2v) is 6.10. The van der Waals surface area contributed by atoms with E-state index in [0.717, 1.165) is 24.3 Å². The Balaban J connectivity index is 2.77. The van der Waals surface area contributed by atoms with E-state index in [-0.39, 0.29) is 5.69 Å². The highest BCUT2D eigenvalue weighted by atomic mass is 19.4. The van der Waals surface area contributed by atoms with Crippen LogP contribution in [0.15, 0.2) is 36.4 Å². The molecule has 1 unspecified atom stereocenters. The van der Waals surface area contributed by atoms with E-state index in [9.17, 15) is 52.7 Å². The van der Waals surface area contributed by atoms with Crippen molar-refractivity contribution >= 4 is 5.69 Å². The molecule has 0 spiro atoms. The molecule has 172 valence electrons. The molecule has 2 aromatic carbocycles. The normalized spacial score (nSPS) is 14.5. The summed E-state index contributed by atoms with van der Waals surface area (Å²) in [6.45, 7) is 0. The van der Waals surface area contributed by atoms with Crippen LogP contribution in [0.3, 0.4) is 0 Å². The Morgan fingerprint density at radius 2 is 1.13 bits per heavy atom. The molecule has 0 saturated carbocycles. The van der Waals surface area contributed by atoms with E-state index in [4.69, 9.17) is 5.73 Å². The Bertz CT molecular complexity index is 893. The van der Waals surface area contributed by atoms with E-state index in [0.29, 0.717) is 0 Å². The number of ether oxygens (including phenoxy) is 1. The van der Waals surface area contributed by atoms with Crippen LogP contribution in [0, 0.1) is 0 Å². The zero-order chi connectivity index (χ0) is 24.0. The predicted octanol–water partition coefficient (Wildman–Crippen LogP) is 7.31. The van der Waals surface area contributed by atoms with Crippen LogP contribution in [0.1, 0.15) is 22.9 Å². The Hall–Kier alpha value is -2.80. The summed E-state index contributed by atoms with van der Waals surface area (Å²) in [5.41, 5.74) is -1.62. The number of nitrogens with two attached hydrogens (primary N) is 1. The summed E-state index contributed by atoms with van der Waals surface area (Å²) in [7, 11) is 0. The third-order valence-electron chi connectivity index (χ3n) is 3.81. The van der Waals surface area contributed by atoms with Gasteiger partial charge in [0.25, 0.3) is 0 Å². The first-order valence-electron chi connectivity index (χ1n) is 7.80. The van der Waals surface area contributed by atoms with E-state index >= 15 is 0 Å². The van der Waals surface area contributed by atoms with Crippen LogP contribution in [0.5, 0.6) is 11.5 Å². The summed E-state index contributed by atoms with van der Waals surface area (Å²) >= 11 is 0. The molecular weight excluding hydrogens is 462 g/mol. The first-order chi connectivity index (χ1) is 13.9. The molecule has 0 bridgehead atoms. The van der Waals surface area contributed by atoms with Crippen LogP contribution in [-0.4, -0.2) is 12.1 Å². The van der Waals surface area contributed by atoms with Crippen molar-refractivity contribution in [3.63, 3.8) is 0 Å². The van der Waals surface area contributed by atoms with Crippen molar-refractivity contribution in [2.75, 3.05) is 5.73 Å². The quantitative estimate of drug-likeness (QED) is 0.375. The highest BCUT2D eigenvalue weighted by Gasteiger charge is 2.64. The number of anilines is 1. The molecule has 31 heavy (non-hydrogen) atoms. The summed E-state index contributed by atoms with van der Waals surface area (Å²) < 4.78 is 162. The van der Waals surface area contributed by atoms with Gasteiger partial charge in [0.1, 0.15) is 5.75 Å². The molecule has 2 nitrogen and oxygen atoms in total. The van der Waals surface area contributed by atoms with Gasteiger partial charge in [0.15, 0.2) is 11.9 Å². The van der Waals surface area contributed by atoms with E-state index in [1.165, 1.54) is 0 Å². The minimum Gasteiger partial charge on any atom is -0.456 e. The lowest BCUT2D eigenvalue weighted by Gasteiger charge is -2.26. The molecule has 14 heteroatoms. The molecule has 1 atom stereocenters. The highest BCUT2D eigenvalue weighted by molar-refractivity contribution is 5.51. The van der Waals surface area contributed by atoms with Gasteiger partial charge >= 0.3 is 24.5 Å². The van der Waals surface area contributed by atoms with Crippen molar-refractivity contribution in [2.45, 2.75) is 30.6 Å². The first kappa shape index (κ1) is 24.5. The van der Waals surface area contributed by atoms with Crippen LogP contribution in [-0.2, 0) is 12.4 Å². The van der Waals surface area contributed by atoms with Gasteiger partial charge in [-0.2, -0.15) is 48.3 Å². The molecule has 2 rings (SSSR count).